The van der Waals surface area contributed by atoms with E-state index in [0.29, 0.717) is 23.2 Å². The largest absolute Gasteiger partial charge is 0.491 e. The van der Waals surface area contributed by atoms with E-state index in [0.717, 1.165) is 16.7 Å². The van der Waals surface area contributed by atoms with E-state index < -0.39 is 18.9 Å². The predicted octanol–water partition coefficient (Wildman–Crippen LogP) is 1.96. The van der Waals surface area contributed by atoms with Crippen LogP contribution in [0.2, 0.25) is 0 Å². The molecule has 1 heterocycles. The molecule has 1 unspecified atom stereocenters. The Morgan fingerprint density at radius 3 is 2.43 bits per heavy atom. The number of aliphatic hydroxyl groups is 1. The minimum absolute atomic E-state index is 0.220. The van der Waals surface area contributed by atoms with Crippen molar-refractivity contribution in [2.75, 3.05) is 0 Å². The number of carbonyl (C=O) groups is 1. The highest BCUT2D eigenvalue weighted by Gasteiger charge is 2.32. The summed E-state index contributed by atoms with van der Waals surface area (Å²) >= 11 is 0. The number of rotatable bonds is 4. The number of fused-ring (bicyclic) bond motifs is 1. The normalized spacial score (nSPS) is 14.8. The summed E-state index contributed by atoms with van der Waals surface area (Å²) < 4.78 is 5.20. The number of nitrogens with zero attached hydrogens (tertiary/aromatic N) is 1. The number of aryl methyl sites for hydroxylation is 2. The van der Waals surface area contributed by atoms with Gasteiger partial charge in [-0.2, -0.15) is 5.43 Å². The first kappa shape index (κ1) is 20.5. The van der Waals surface area contributed by atoms with Gasteiger partial charge in [0.15, 0.2) is 0 Å². The summed E-state index contributed by atoms with van der Waals surface area (Å²) in [6, 6.07) is 11.0. The van der Waals surface area contributed by atoms with Gasteiger partial charge in [0.2, 0.25) is 0 Å². The van der Waals surface area contributed by atoms with E-state index in [9.17, 15) is 14.9 Å². The highest BCUT2D eigenvalue weighted by atomic mass is 16.5. The zero-order valence-electron chi connectivity index (χ0n) is 17.0. The lowest BCUT2D eigenvalue weighted by Gasteiger charge is -2.37. The maximum Gasteiger partial charge on any atom is 0.491 e. The maximum absolute atomic E-state index is 13.2. The Morgan fingerprint density at radius 2 is 1.82 bits per heavy atom. The molecule has 6 nitrogen and oxygen atoms in total. The van der Waals surface area contributed by atoms with Gasteiger partial charge < -0.3 is 14.8 Å². The zero-order valence-corrected chi connectivity index (χ0v) is 17.0. The van der Waals surface area contributed by atoms with E-state index in [1.165, 1.54) is 5.01 Å². The molecule has 1 amide bonds. The van der Waals surface area contributed by atoms with Crippen LogP contribution >= 0.6 is 0 Å². The first-order chi connectivity index (χ1) is 13.1. The number of nitrogens with one attached hydrogen (secondary N) is 1. The molecule has 1 aliphatic rings. The Labute approximate surface area is 166 Å². The van der Waals surface area contributed by atoms with Crippen molar-refractivity contribution in [1.29, 1.82) is 0 Å². The van der Waals surface area contributed by atoms with Crippen LogP contribution in [0.3, 0.4) is 0 Å². The van der Waals surface area contributed by atoms with Crippen molar-refractivity contribution < 1.29 is 19.6 Å². The molecule has 2 aromatic rings. The smallest absolute Gasteiger partial charge is 0.423 e. The molecule has 0 aliphatic carbocycles. The summed E-state index contributed by atoms with van der Waals surface area (Å²) in [6.07, 6.45) is -1.12. The standard InChI is InChI=1S/C21H27BN2O4/c1-13-8-14(2)10-17(9-13)20(26)24(21(3,4)5)23-19(25)15-6-7-16-12-28-22(27)18(16)11-15/h6-11,19,23,25,27H,12H2,1-5H3. The third-order valence-corrected chi connectivity index (χ3v) is 4.74. The third kappa shape index (κ3) is 4.28. The molecule has 3 N–H and O–H groups in total. The van der Waals surface area contributed by atoms with E-state index in [4.69, 9.17) is 4.65 Å². The monoisotopic (exact) mass is 382 g/mol. The van der Waals surface area contributed by atoms with Crippen molar-refractivity contribution in [2.24, 2.45) is 0 Å². The molecule has 0 fully saturated rings. The third-order valence-electron chi connectivity index (χ3n) is 4.74. The first-order valence-corrected chi connectivity index (χ1v) is 9.36. The average molecular weight is 382 g/mol. The van der Waals surface area contributed by atoms with Crippen molar-refractivity contribution in [3.8, 4) is 0 Å². The van der Waals surface area contributed by atoms with Crippen LogP contribution in [0.4, 0.5) is 0 Å². The van der Waals surface area contributed by atoms with Crippen LogP contribution in [-0.4, -0.2) is 33.7 Å². The van der Waals surface area contributed by atoms with Gasteiger partial charge in [0.25, 0.3) is 5.91 Å². The fourth-order valence-corrected chi connectivity index (χ4v) is 3.38. The van der Waals surface area contributed by atoms with Crippen LogP contribution in [0.15, 0.2) is 36.4 Å². The van der Waals surface area contributed by atoms with Gasteiger partial charge in [-0.3, -0.25) is 9.80 Å². The van der Waals surface area contributed by atoms with Gasteiger partial charge in [-0.15, -0.1) is 0 Å². The van der Waals surface area contributed by atoms with Gasteiger partial charge in [0, 0.05) is 5.56 Å². The summed E-state index contributed by atoms with van der Waals surface area (Å²) in [5.74, 6) is -0.220. The molecule has 0 aromatic heterocycles. The number of hydrogen-bond donors (Lipinski definition) is 3. The van der Waals surface area contributed by atoms with Gasteiger partial charge >= 0.3 is 7.12 Å². The van der Waals surface area contributed by atoms with Crippen molar-refractivity contribution in [2.45, 2.75) is 53.0 Å². The lowest BCUT2D eigenvalue weighted by atomic mass is 9.78. The second kappa shape index (κ2) is 7.68. The lowest BCUT2D eigenvalue weighted by Crippen LogP contribution is -2.55. The lowest BCUT2D eigenvalue weighted by molar-refractivity contribution is -0.00795. The molecule has 7 heteroatoms. The Balaban J connectivity index is 1.87. The molecule has 2 aromatic carbocycles. The fraction of sp³-hybridized carbons (Fsp3) is 0.381. The summed E-state index contributed by atoms with van der Waals surface area (Å²) in [5, 5.41) is 22.1. The number of aliphatic hydroxyl groups excluding tert-OH is 1. The van der Waals surface area contributed by atoms with Crippen LogP contribution in [0.5, 0.6) is 0 Å². The van der Waals surface area contributed by atoms with Crippen molar-refractivity contribution in [3.63, 3.8) is 0 Å². The second-order valence-corrected chi connectivity index (χ2v) is 8.34. The van der Waals surface area contributed by atoms with Crippen LogP contribution in [-0.2, 0) is 11.3 Å². The number of hydrazine groups is 1. The van der Waals surface area contributed by atoms with Gasteiger partial charge in [0.05, 0.1) is 12.1 Å². The topological polar surface area (TPSA) is 82.0 Å². The predicted molar refractivity (Wildman–Crippen MR) is 109 cm³/mol. The molecule has 1 aliphatic heterocycles. The summed E-state index contributed by atoms with van der Waals surface area (Å²) in [4.78, 5) is 13.2. The molecule has 1 atom stereocenters. The van der Waals surface area contributed by atoms with E-state index in [-0.39, 0.29) is 5.91 Å². The number of amides is 1. The SMILES string of the molecule is Cc1cc(C)cc(C(=O)N(NC(O)c2ccc3c(c2)B(O)OC3)C(C)(C)C)c1. The van der Waals surface area contributed by atoms with Crippen LogP contribution < -0.4 is 10.9 Å². The quantitative estimate of drug-likeness (QED) is 0.428. The Hall–Kier alpha value is -2.19. The van der Waals surface area contributed by atoms with E-state index in [1.807, 2.05) is 58.9 Å². The van der Waals surface area contributed by atoms with Gasteiger partial charge in [0.1, 0.15) is 6.23 Å². The molecule has 3 rings (SSSR count). The first-order valence-electron chi connectivity index (χ1n) is 9.36. The molecular formula is C21H27BN2O4. The molecule has 0 bridgehead atoms. The van der Waals surface area contributed by atoms with E-state index in [1.54, 1.807) is 12.1 Å². The Kier molecular flexibility index (Phi) is 5.63. The maximum atomic E-state index is 13.2. The van der Waals surface area contributed by atoms with Crippen molar-refractivity contribution in [1.82, 2.24) is 10.4 Å². The van der Waals surface area contributed by atoms with Crippen LogP contribution in [0.25, 0.3) is 0 Å². The molecule has 0 radical (unpaired) electrons. The van der Waals surface area contributed by atoms with E-state index >= 15 is 0 Å². The summed E-state index contributed by atoms with van der Waals surface area (Å²) in [7, 11) is -0.988. The summed E-state index contributed by atoms with van der Waals surface area (Å²) in [5.41, 5.74) is 7.01. The number of hydrogen-bond acceptors (Lipinski definition) is 5. The molecule has 0 saturated heterocycles. The van der Waals surface area contributed by atoms with Crippen molar-refractivity contribution >= 4 is 18.5 Å². The Bertz CT molecular complexity index is 874. The molecule has 0 saturated carbocycles. The van der Waals surface area contributed by atoms with Gasteiger partial charge in [-0.1, -0.05) is 35.4 Å². The van der Waals surface area contributed by atoms with Gasteiger partial charge in [-0.25, -0.2) is 0 Å². The highest BCUT2D eigenvalue weighted by Crippen LogP contribution is 2.21. The minimum atomic E-state index is -1.12. The van der Waals surface area contributed by atoms with Crippen LogP contribution in [0.1, 0.15) is 59.6 Å². The number of benzene rings is 2. The molecule has 0 spiro atoms. The van der Waals surface area contributed by atoms with Crippen LogP contribution in [0, 0.1) is 13.8 Å². The Morgan fingerprint density at radius 1 is 1.18 bits per heavy atom. The average Bonchev–Trinajstić information content (AvgIpc) is 2.97. The van der Waals surface area contributed by atoms with Gasteiger partial charge in [-0.05, 0) is 63.3 Å². The van der Waals surface area contributed by atoms with E-state index in [2.05, 4.69) is 5.43 Å². The second-order valence-electron chi connectivity index (χ2n) is 8.34. The zero-order chi connectivity index (χ0) is 20.6. The molecule has 28 heavy (non-hydrogen) atoms. The van der Waals surface area contributed by atoms with Crippen molar-refractivity contribution in [3.05, 3.63) is 64.2 Å². The summed E-state index contributed by atoms with van der Waals surface area (Å²) in [6.45, 7) is 9.94. The molecule has 148 valence electrons. The number of carbonyl (C=O) groups excluding carboxylic acids is 1. The highest BCUT2D eigenvalue weighted by molar-refractivity contribution is 6.61. The fourth-order valence-electron chi connectivity index (χ4n) is 3.38. The molecular weight excluding hydrogens is 355 g/mol. The minimum Gasteiger partial charge on any atom is -0.423 e.